The summed E-state index contributed by atoms with van der Waals surface area (Å²) in [7, 11) is -3.59. The molecular weight excluding hydrogens is 363 g/mol. The second-order valence-electron chi connectivity index (χ2n) is 4.76. The predicted octanol–water partition coefficient (Wildman–Crippen LogP) is 2.40. The maximum absolute atomic E-state index is 12.4. The van der Waals surface area contributed by atoms with Crippen LogP contribution < -0.4 is 4.74 Å². The molecule has 0 N–H and O–H groups in total. The van der Waals surface area contributed by atoms with Crippen molar-refractivity contribution < 1.29 is 17.9 Å². The van der Waals surface area contributed by atoms with Crippen molar-refractivity contribution in [2.24, 2.45) is 4.40 Å². The fourth-order valence-electron chi connectivity index (χ4n) is 2.09. The van der Waals surface area contributed by atoms with Crippen molar-refractivity contribution in [3.63, 3.8) is 0 Å². The number of carbonyl (C=O) groups excluding carboxylic acids is 1. The average Bonchev–Trinajstić information content (AvgIpc) is 2.50. The summed E-state index contributed by atoms with van der Waals surface area (Å²) in [6, 6.07) is 4.63. The van der Waals surface area contributed by atoms with Gasteiger partial charge in [0.15, 0.2) is 11.6 Å². The Balaban J connectivity index is 1.93. The number of allylic oxidation sites excluding steroid dienone is 2. The lowest BCUT2D eigenvalue weighted by Crippen LogP contribution is -2.40. The zero-order valence-corrected chi connectivity index (χ0v) is 13.9. The van der Waals surface area contributed by atoms with Gasteiger partial charge < -0.3 is 9.64 Å². The molecule has 6 nitrogen and oxygen atoms in total. The van der Waals surface area contributed by atoms with Crippen molar-refractivity contribution in [3.8, 4) is 5.75 Å². The lowest BCUT2D eigenvalue weighted by atomic mass is 10.1. The van der Waals surface area contributed by atoms with Crippen LogP contribution in [-0.4, -0.2) is 37.4 Å². The molecule has 0 bridgehead atoms. The first kappa shape index (κ1) is 16.0. The number of hydrogen-bond donors (Lipinski definition) is 0. The van der Waals surface area contributed by atoms with Gasteiger partial charge in [0.25, 0.3) is 10.0 Å². The number of amidine groups is 1. The van der Waals surface area contributed by atoms with E-state index in [-0.39, 0.29) is 39.5 Å². The van der Waals surface area contributed by atoms with Crippen molar-refractivity contribution in [1.29, 1.82) is 0 Å². The number of hydrogen-bond acceptors (Lipinski definition) is 5. The Morgan fingerprint density at radius 3 is 2.87 bits per heavy atom. The van der Waals surface area contributed by atoms with Crippen LogP contribution in [0, 0.1) is 0 Å². The van der Waals surface area contributed by atoms with Crippen molar-refractivity contribution in [2.75, 3.05) is 12.3 Å². The summed E-state index contributed by atoms with van der Waals surface area (Å²) in [5.74, 6) is -0.741. The minimum absolute atomic E-state index is 0.0341. The SMILES string of the molecule is O=C(Oc1cccc(Cl)c1Cl)C1=CC=CN2CCS(=O)(=O)N=C12. The zero-order valence-electron chi connectivity index (χ0n) is 11.6. The van der Waals surface area contributed by atoms with Gasteiger partial charge in [-0.25, -0.2) is 13.2 Å². The van der Waals surface area contributed by atoms with Crippen molar-refractivity contribution in [3.05, 3.63) is 52.2 Å². The van der Waals surface area contributed by atoms with Crippen molar-refractivity contribution >= 4 is 45.0 Å². The van der Waals surface area contributed by atoms with E-state index >= 15 is 0 Å². The normalized spacial score (nSPS) is 18.8. The van der Waals surface area contributed by atoms with Crippen LogP contribution >= 0.6 is 23.2 Å². The number of benzene rings is 1. The van der Waals surface area contributed by atoms with E-state index < -0.39 is 16.0 Å². The molecule has 0 saturated carbocycles. The fourth-order valence-corrected chi connectivity index (χ4v) is 3.41. The van der Waals surface area contributed by atoms with Crippen LogP contribution in [0.15, 0.2) is 46.5 Å². The second-order valence-corrected chi connectivity index (χ2v) is 7.30. The Morgan fingerprint density at radius 2 is 2.09 bits per heavy atom. The molecule has 1 aromatic rings. The first-order valence-corrected chi connectivity index (χ1v) is 8.88. The summed E-state index contributed by atoms with van der Waals surface area (Å²) in [4.78, 5) is 13.9. The van der Waals surface area contributed by atoms with E-state index in [9.17, 15) is 13.2 Å². The van der Waals surface area contributed by atoms with E-state index in [4.69, 9.17) is 27.9 Å². The van der Waals surface area contributed by atoms with Crippen LogP contribution in [-0.2, 0) is 14.8 Å². The highest BCUT2D eigenvalue weighted by Gasteiger charge is 2.31. The molecule has 2 aliphatic heterocycles. The second kappa shape index (κ2) is 5.99. The van der Waals surface area contributed by atoms with E-state index in [0.29, 0.717) is 0 Å². The topological polar surface area (TPSA) is 76.0 Å². The molecule has 0 spiro atoms. The highest BCUT2D eigenvalue weighted by molar-refractivity contribution is 7.90. The first-order chi connectivity index (χ1) is 10.9. The number of esters is 1. The number of fused-ring (bicyclic) bond motifs is 1. The third kappa shape index (κ3) is 3.26. The number of ether oxygens (including phenoxy) is 1. The Hall–Kier alpha value is -1.83. The summed E-state index contributed by atoms with van der Waals surface area (Å²) in [6.07, 6.45) is 4.71. The number of sulfonamides is 1. The van der Waals surface area contributed by atoms with Gasteiger partial charge in [0.2, 0.25) is 0 Å². The first-order valence-electron chi connectivity index (χ1n) is 6.52. The molecule has 1 aromatic carbocycles. The number of nitrogens with zero attached hydrogens (tertiary/aromatic N) is 2. The molecule has 0 amide bonds. The average molecular weight is 373 g/mol. The van der Waals surface area contributed by atoms with Gasteiger partial charge in [-0.1, -0.05) is 29.3 Å². The highest BCUT2D eigenvalue weighted by Crippen LogP contribution is 2.32. The fraction of sp³-hybridized carbons (Fsp3) is 0.143. The van der Waals surface area contributed by atoms with E-state index in [1.165, 1.54) is 12.1 Å². The van der Waals surface area contributed by atoms with Gasteiger partial charge in [-0.3, -0.25) is 0 Å². The van der Waals surface area contributed by atoms with Gasteiger partial charge in [-0.15, -0.1) is 4.40 Å². The van der Waals surface area contributed by atoms with E-state index in [0.717, 1.165) is 0 Å². The number of halogens is 2. The molecule has 23 heavy (non-hydrogen) atoms. The molecule has 0 aromatic heterocycles. The van der Waals surface area contributed by atoms with Gasteiger partial charge in [0.05, 0.1) is 10.8 Å². The Kier molecular flexibility index (Phi) is 4.18. The summed E-state index contributed by atoms with van der Waals surface area (Å²) in [6.45, 7) is 0.222. The smallest absolute Gasteiger partial charge is 0.347 e. The minimum atomic E-state index is -3.59. The highest BCUT2D eigenvalue weighted by atomic mass is 35.5. The molecule has 3 rings (SSSR count). The van der Waals surface area contributed by atoms with Crippen LogP contribution in [0.3, 0.4) is 0 Å². The third-order valence-corrected chi connectivity index (χ3v) is 5.15. The van der Waals surface area contributed by atoms with Gasteiger partial charge >= 0.3 is 5.97 Å². The van der Waals surface area contributed by atoms with Crippen LogP contribution in [0.1, 0.15) is 0 Å². The molecule has 0 fully saturated rings. The predicted molar refractivity (Wildman–Crippen MR) is 87.2 cm³/mol. The molecule has 2 aliphatic rings. The van der Waals surface area contributed by atoms with Gasteiger partial charge in [-0.2, -0.15) is 0 Å². The monoisotopic (exact) mass is 372 g/mol. The molecule has 2 heterocycles. The van der Waals surface area contributed by atoms with Crippen molar-refractivity contribution in [1.82, 2.24) is 4.90 Å². The minimum Gasteiger partial charge on any atom is -0.421 e. The Bertz CT molecular complexity index is 875. The summed E-state index contributed by atoms with van der Waals surface area (Å²) < 4.78 is 32.2. The molecule has 120 valence electrons. The standard InChI is InChI=1S/C14H10Cl2N2O4S/c15-10-4-1-5-11(12(10)16)22-14(19)9-3-2-6-18-7-8-23(20,21)17-13(9)18/h1-6H,7-8H2. The van der Waals surface area contributed by atoms with Crippen LogP contribution in [0.5, 0.6) is 5.75 Å². The molecule has 0 saturated heterocycles. The largest absolute Gasteiger partial charge is 0.421 e. The van der Waals surface area contributed by atoms with Gasteiger partial charge in [-0.05, 0) is 24.3 Å². The Labute approximate surface area is 142 Å². The number of carbonyl (C=O) groups is 1. The van der Waals surface area contributed by atoms with Crippen LogP contribution in [0.2, 0.25) is 10.0 Å². The summed E-state index contributed by atoms with van der Waals surface area (Å²) in [5, 5.41) is 0.346. The van der Waals surface area contributed by atoms with Gasteiger partial charge in [0, 0.05) is 12.7 Å². The molecule has 0 radical (unpaired) electrons. The van der Waals surface area contributed by atoms with Gasteiger partial charge in [0.1, 0.15) is 10.6 Å². The molecule has 0 aliphatic carbocycles. The quantitative estimate of drug-likeness (QED) is 0.588. The molecule has 0 unspecified atom stereocenters. The van der Waals surface area contributed by atoms with E-state index in [1.807, 2.05) is 0 Å². The maximum Gasteiger partial charge on any atom is 0.347 e. The van der Waals surface area contributed by atoms with Crippen molar-refractivity contribution in [2.45, 2.75) is 0 Å². The Morgan fingerprint density at radius 1 is 1.30 bits per heavy atom. The molecule has 0 atom stereocenters. The summed E-state index contributed by atoms with van der Waals surface area (Å²) in [5.41, 5.74) is 0.0341. The van der Waals surface area contributed by atoms with E-state index in [2.05, 4.69) is 4.40 Å². The third-order valence-electron chi connectivity index (χ3n) is 3.20. The van der Waals surface area contributed by atoms with E-state index in [1.54, 1.807) is 29.3 Å². The molecule has 9 heteroatoms. The number of rotatable bonds is 2. The lowest BCUT2D eigenvalue weighted by molar-refractivity contribution is -0.129. The van der Waals surface area contributed by atoms with Crippen LogP contribution in [0.25, 0.3) is 0 Å². The van der Waals surface area contributed by atoms with Crippen LogP contribution in [0.4, 0.5) is 0 Å². The lowest BCUT2D eigenvalue weighted by Gasteiger charge is -2.28. The zero-order chi connectivity index (χ0) is 16.6. The summed E-state index contributed by atoms with van der Waals surface area (Å²) >= 11 is 11.9. The maximum atomic E-state index is 12.4. The molecular formula is C14H10Cl2N2O4S.